The van der Waals surface area contributed by atoms with Gasteiger partial charge in [0.2, 0.25) is 5.91 Å². The Hall–Kier alpha value is -3.28. The number of nitrogens with one attached hydrogen (secondary N) is 1. The van der Waals surface area contributed by atoms with E-state index >= 15 is 0 Å². The Morgan fingerprint density at radius 3 is 2.42 bits per heavy atom. The molecule has 0 aliphatic carbocycles. The molecule has 1 amide bonds. The van der Waals surface area contributed by atoms with E-state index in [1.165, 1.54) is 13.2 Å². The van der Waals surface area contributed by atoms with Crippen molar-refractivity contribution in [1.29, 1.82) is 0 Å². The average Bonchev–Trinajstić information content (AvgIpc) is 2.67. The number of methoxy groups -OCH3 is 3. The summed E-state index contributed by atoms with van der Waals surface area (Å²) in [6.45, 7) is 1.84. The number of ether oxygens (including phenoxy) is 3. The van der Waals surface area contributed by atoms with E-state index in [9.17, 15) is 9.59 Å². The first kappa shape index (κ1) is 19.1. The van der Waals surface area contributed by atoms with Crippen molar-refractivity contribution < 1.29 is 23.8 Å². The Labute approximate surface area is 152 Å². The molecule has 1 N–H and O–H groups in total. The molecular formula is C20H21NO5. The molecule has 0 atom stereocenters. The standard InChI is InChI=1S/C20H21NO5/c1-13-5-6-15(20(23)26-4)11-17(13)21-19(22)10-8-14-7-9-16(24-2)12-18(14)25-3/h5-12H,1-4H3,(H,21,22)/b10-8+. The molecule has 0 spiro atoms. The van der Waals surface area contributed by atoms with Gasteiger partial charge < -0.3 is 19.5 Å². The van der Waals surface area contributed by atoms with Crippen LogP contribution >= 0.6 is 0 Å². The van der Waals surface area contributed by atoms with Crippen molar-refractivity contribution in [1.82, 2.24) is 0 Å². The van der Waals surface area contributed by atoms with Crippen molar-refractivity contribution in [2.45, 2.75) is 6.92 Å². The maximum absolute atomic E-state index is 12.2. The molecule has 2 aromatic rings. The van der Waals surface area contributed by atoms with Gasteiger partial charge in [-0.25, -0.2) is 4.79 Å². The molecule has 6 heteroatoms. The van der Waals surface area contributed by atoms with Gasteiger partial charge in [0, 0.05) is 23.4 Å². The largest absolute Gasteiger partial charge is 0.497 e. The topological polar surface area (TPSA) is 73.9 Å². The van der Waals surface area contributed by atoms with Crippen LogP contribution in [0.25, 0.3) is 6.08 Å². The number of rotatable bonds is 6. The maximum Gasteiger partial charge on any atom is 0.337 e. The molecule has 0 heterocycles. The third-order valence-electron chi connectivity index (χ3n) is 3.77. The fourth-order valence-corrected chi connectivity index (χ4v) is 2.30. The van der Waals surface area contributed by atoms with Crippen molar-refractivity contribution in [2.75, 3.05) is 26.6 Å². The summed E-state index contributed by atoms with van der Waals surface area (Å²) in [5, 5.41) is 2.76. The molecule has 0 saturated heterocycles. The molecule has 0 saturated carbocycles. The summed E-state index contributed by atoms with van der Waals surface area (Å²) < 4.78 is 15.1. The lowest BCUT2D eigenvalue weighted by Crippen LogP contribution is -2.10. The fourth-order valence-electron chi connectivity index (χ4n) is 2.30. The quantitative estimate of drug-likeness (QED) is 0.635. The van der Waals surface area contributed by atoms with Crippen LogP contribution in [0.5, 0.6) is 11.5 Å². The summed E-state index contributed by atoms with van der Waals surface area (Å²) in [6.07, 6.45) is 3.04. The summed E-state index contributed by atoms with van der Waals surface area (Å²) >= 11 is 0. The van der Waals surface area contributed by atoms with Gasteiger partial charge in [-0.1, -0.05) is 6.07 Å². The predicted molar refractivity (Wildman–Crippen MR) is 99.7 cm³/mol. The Morgan fingerprint density at radius 2 is 1.77 bits per heavy atom. The number of carbonyl (C=O) groups excluding carboxylic acids is 2. The molecule has 0 radical (unpaired) electrons. The van der Waals surface area contributed by atoms with Crippen LogP contribution in [-0.4, -0.2) is 33.2 Å². The molecule has 6 nitrogen and oxygen atoms in total. The Kier molecular flexibility index (Phi) is 6.38. The van der Waals surface area contributed by atoms with Crippen molar-refractivity contribution in [3.63, 3.8) is 0 Å². The monoisotopic (exact) mass is 355 g/mol. The summed E-state index contributed by atoms with van der Waals surface area (Å²) in [4.78, 5) is 23.9. The number of anilines is 1. The second-order valence-corrected chi connectivity index (χ2v) is 5.45. The van der Waals surface area contributed by atoms with E-state index in [-0.39, 0.29) is 5.91 Å². The second-order valence-electron chi connectivity index (χ2n) is 5.45. The normalized spacial score (nSPS) is 10.5. The lowest BCUT2D eigenvalue weighted by molar-refractivity contribution is -0.111. The van der Waals surface area contributed by atoms with Gasteiger partial charge >= 0.3 is 5.97 Å². The van der Waals surface area contributed by atoms with Crippen LogP contribution in [0.15, 0.2) is 42.5 Å². The summed E-state index contributed by atoms with van der Waals surface area (Å²) in [5.74, 6) is 0.475. The number of esters is 1. The van der Waals surface area contributed by atoms with E-state index < -0.39 is 5.97 Å². The smallest absolute Gasteiger partial charge is 0.337 e. The first-order valence-corrected chi connectivity index (χ1v) is 7.88. The van der Waals surface area contributed by atoms with Gasteiger partial charge in [0.15, 0.2) is 0 Å². The van der Waals surface area contributed by atoms with E-state index in [2.05, 4.69) is 5.32 Å². The zero-order valence-corrected chi connectivity index (χ0v) is 15.2. The van der Waals surface area contributed by atoms with Gasteiger partial charge in [-0.05, 0) is 42.8 Å². The highest BCUT2D eigenvalue weighted by molar-refractivity contribution is 6.03. The van der Waals surface area contributed by atoms with Crippen LogP contribution in [-0.2, 0) is 9.53 Å². The van der Waals surface area contributed by atoms with Crippen molar-refractivity contribution in [3.05, 3.63) is 59.2 Å². The van der Waals surface area contributed by atoms with Crippen LogP contribution in [0.4, 0.5) is 5.69 Å². The van der Waals surface area contributed by atoms with E-state index in [1.807, 2.05) is 6.92 Å². The molecule has 2 rings (SSSR count). The van der Waals surface area contributed by atoms with Gasteiger partial charge in [-0.15, -0.1) is 0 Å². The molecule has 0 fully saturated rings. The highest BCUT2D eigenvalue weighted by Gasteiger charge is 2.09. The molecule has 0 aromatic heterocycles. The van der Waals surface area contributed by atoms with E-state index in [0.717, 1.165) is 11.1 Å². The fraction of sp³-hybridized carbons (Fsp3) is 0.200. The minimum atomic E-state index is -0.459. The maximum atomic E-state index is 12.2. The number of hydrogen-bond donors (Lipinski definition) is 1. The number of aryl methyl sites for hydroxylation is 1. The summed E-state index contributed by atoms with van der Waals surface area (Å²) in [5.41, 5.74) is 2.49. The van der Waals surface area contributed by atoms with Crippen molar-refractivity contribution >= 4 is 23.6 Å². The van der Waals surface area contributed by atoms with Crippen LogP contribution in [0, 0.1) is 6.92 Å². The lowest BCUT2D eigenvalue weighted by Gasteiger charge is -2.09. The van der Waals surface area contributed by atoms with Gasteiger partial charge in [0.25, 0.3) is 0 Å². The Balaban J connectivity index is 2.16. The molecule has 0 unspecified atom stereocenters. The SMILES string of the molecule is COC(=O)c1ccc(C)c(NC(=O)/C=C/c2ccc(OC)cc2OC)c1. The van der Waals surface area contributed by atoms with Crippen LogP contribution in [0.2, 0.25) is 0 Å². The highest BCUT2D eigenvalue weighted by Crippen LogP contribution is 2.25. The summed E-state index contributed by atoms with van der Waals surface area (Å²) in [6, 6.07) is 10.3. The number of carbonyl (C=O) groups is 2. The van der Waals surface area contributed by atoms with Crippen LogP contribution in [0.3, 0.4) is 0 Å². The number of hydrogen-bond acceptors (Lipinski definition) is 5. The number of amides is 1. The van der Waals surface area contributed by atoms with E-state index in [1.54, 1.807) is 56.7 Å². The molecule has 2 aromatic carbocycles. The summed E-state index contributed by atoms with van der Waals surface area (Å²) in [7, 11) is 4.43. The predicted octanol–water partition coefficient (Wildman–Crippen LogP) is 3.45. The van der Waals surface area contributed by atoms with Crippen LogP contribution in [0.1, 0.15) is 21.5 Å². The van der Waals surface area contributed by atoms with Gasteiger partial charge in [0.05, 0.1) is 26.9 Å². The van der Waals surface area contributed by atoms with Gasteiger partial charge in [0.1, 0.15) is 11.5 Å². The Bertz CT molecular complexity index is 842. The minimum absolute atomic E-state index is 0.326. The zero-order chi connectivity index (χ0) is 19.1. The molecule has 0 bridgehead atoms. The van der Waals surface area contributed by atoms with Crippen LogP contribution < -0.4 is 14.8 Å². The molecule has 136 valence electrons. The third kappa shape index (κ3) is 4.63. The molecular weight excluding hydrogens is 334 g/mol. The average molecular weight is 355 g/mol. The lowest BCUT2D eigenvalue weighted by atomic mass is 10.1. The number of benzene rings is 2. The third-order valence-corrected chi connectivity index (χ3v) is 3.77. The zero-order valence-electron chi connectivity index (χ0n) is 15.2. The van der Waals surface area contributed by atoms with E-state index in [0.29, 0.717) is 22.7 Å². The highest BCUT2D eigenvalue weighted by atomic mass is 16.5. The molecule has 0 aliphatic heterocycles. The minimum Gasteiger partial charge on any atom is -0.497 e. The van der Waals surface area contributed by atoms with Crippen molar-refractivity contribution in [2.24, 2.45) is 0 Å². The van der Waals surface area contributed by atoms with Gasteiger partial charge in [-0.3, -0.25) is 4.79 Å². The molecule has 0 aliphatic rings. The second kappa shape index (κ2) is 8.71. The first-order chi connectivity index (χ1) is 12.5. The first-order valence-electron chi connectivity index (χ1n) is 7.88. The van der Waals surface area contributed by atoms with Crippen molar-refractivity contribution in [3.8, 4) is 11.5 Å². The Morgan fingerprint density at radius 1 is 1.00 bits per heavy atom. The van der Waals surface area contributed by atoms with E-state index in [4.69, 9.17) is 14.2 Å². The van der Waals surface area contributed by atoms with Gasteiger partial charge in [-0.2, -0.15) is 0 Å². The molecule has 26 heavy (non-hydrogen) atoms.